The van der Waals surface area contributed by atoms with Crippen LogP contribution in [0.4, 0.5) is 11.4 Å². The molecule has 1 aliphatic heterocycles. The van der Waals surface area contributed by atoms with Crippen LogP contribution in [0.25, 0.3) is 0 Å². The molecule has 1 aromatic carbocycles. The third-order valence-corrected chi connectivity index (χ3v) is 4.70. The van der Waals surface area contributed by atoms with E-state index in [-0.39, 0.29) is 11.8 Å². The lowest BCUT2D eigenvalue weighted by Crippen LogP contribution is -2.50. The summed E-state index contributed by atoms with van der Waals surface area (Å²) in [6.07, 6.45) is 1.65. The van der Waals surface area contributed by atoms with Crippen molar-refractivity contribution >= 4 is 34.8 Å². The van der Waals surface area contributed by atoms with Gasteiger partial charge in [0.05, 0.1) is 11.9 Å². The van der Waals surface area contributed by atoms with E-state index in [2.05, 4.69) is 10.3 Å². The molecule has 1 fully saturated rings. The number of carbonyl (C=O) groups is 2. The smallest absolute Gasteiger partial charge is 0.272 e. The number of anilines is 2. The van der Waals surface area contributed by atoms with Crippen molar-refractivity contribution in [1.29, 1.82) is 0 Å². The van der Waals surface area contributed by atoms with Crippen molar-refractivity contribution in [2.75, 3.05) is 31.5 Å². The molecule has 0 unspecified atom stereocenters. The zero-order valence-electron chi connectivity index (χ0n) is 14.8. The second-order valence-corrected chi connectivity index (χ2v) is 6.75. The monoisotopic (exact) mass is 372 g/mol. The zero-order valence-corrected chi connectivity index (χ0v) is 15.6. The molecule has 0 radical (unpaired) electrons. The van der Waals surface area contributed by atoms with Crippen LogP contribution in [-0.2, 0) is 4.79 Å². The molecule has 7 heteroatoms. The Kier molecular flexibility index (Phi) is 5.42. The van der Waals surface area contributed by atoms with Gasteiger partial charge < -0.3 is 15.1 Å². The van der Waals surface area contributed by atoms with Crippen LogP contribution in [-0.4, -0.2) is 52.8 Å². The molecule has 3 rings (SSSR count). The number of aromatic nitrogens is 1. The summed E-state index contributed by atoms with van der Waals surface area (Å²) in [4.78, 5) is 31.7. The molecule has 0 aliphatic carbocycles. The van der Waals surface area contributed by atoms with Crippen molar-refractivity contribution in [2.45, 2.75) is 13.8 Å². The number of hydrogen-bond donors (Lipinski definition) is 1. The van der Waals surface area contributed by atoms with Crippen LogP contribution in [0, 0.1) is 6.92 Å². The lowest BCUT2D eigenvalue weighted by atomic mass is 10.2. The predicted molar refractivity (Wildman–Crippen MR) is 102 cm³/mol. The molecule has 0 spiro atoms. The van der Waals surface area contributed by atoms with E-state index in [1.54, 1.807) is 29.0 Å². The van der Waals surface area contributed by atoms with Crippen LogP contribution in [0.2, 0.25) is 5.02 Å². The Balaban J connectivity index is 1.64. The summed E-state index contributed by atoms with van der Waals surface area (Å²) in [5, 5.41) is 3.96. The average Bonchev–Trinajstić information content (AvgIpc) is 2.64. The van der Waals surface area contributed by atoms with Crippen molar-refractivity contribution in [3.8, 4) is 0 Å². The second kappa shape index (κ2) is 7.74. The Bertz CT molecular complexity index is 815. The Morgan fingerprint density at radius 2 is 1.77 bits per heavy atom. The van der Waals surface area contributed by atoms with E-state index in [4.69, 9.17) is 11.6 Å². The molecule has 1 saturated heterocycles. The SMILES string of the molecule is CC(=O)N1CCN(C(=O)c2ccc(Nc3ccc(Cl)cc3C)cn2)CC1. The fourth-order valence-corrected chi connectivity index (χ4v) is 3.13. The molecule has 1 N–H and O–H groups in total. The number of nitrogens with zero attached hydrogens (tertiary/aromatic N) is 3. The third kappa shape index (κ3) is 4.14. The zero-order chi connectivity index (χ0) is 18.7. The Morgan fingerprint density at radius 1 is 1.08 bits per heavy atom. The number of pyridine rings is 1. The van der Waals surface area contributed by atoms with Gasteiger partial charge in [0.2, 0.25) is 5.91 Å². The molecule has 136 valence electrons. The summed E-state index contributed by atoms with van der Waals surface area (Å²) >= 11 is 5.97. The number of amides is 2. The molecular weight excluding hydrogens is 352 g/mol. The van der Waals surface area contributed by atoms with E-state index in [9.17, 15) is 9.59 Å². The highest BCUT2D eigenvalue weighted by Gasteiger charge is 2.23. The number of benzene rings is 1. The molecule has 2 aromatic rings. The number of hydrogen-bond acceptors (Lipinski definition) is 4. The minimum absolute atomic E-state index is 0.0446. The summed E-state index contributed by atoms with van der Waals surface area (Å²) in [6, 6.07) is 9.16. The summed E-state index contributed by atoms with van der Waals surface area (Å²) in [5.74, 6) is -0.0643. The predicted octanol–water partition coefficient (Wildman–Crippen LogP) is 3.09. The van der Waals surface area contributed by atoms with Gasteiger partial charge in [-0.15, -0.1) is 0 Å². The van der Waals surface area contributed by atoms with Crippen LogP contribution < -0.4 is 5.32 Å². The fourth-order valence-electron chi connectivity index (χ4n) is 2.90. The molecule has 1 aliphatic rings. The van der Waals surface area contributed by atoms with Crippen LogP contribution in [0.15, 0.2) is 36.5 Å². The van der Waals surface area contributed by atoms with Gasteiger partial charge in [0.15, 0.2) is 0 Å². The van der Waals surface area contributed by atoms with Gasteiger partial charge in [-0.05, 0) is 42.8 Å². The van der Waals surface area contributed by atoms with Gasteiger partial charge in [0.1, 0.15) is 5.69 Å². The second-order valence-electron chi connectivity index (χ2n) is 6.31. The Morgan fingerprint density at radius 3 is 2.35 bits per heavy atom. The number of piperazine rings is 1. The van der Waals surface area contributed by atoms with Gasteiger partial charge in [-0.2, -0.15) is 0 Å². The van der Waals surface area contributed by atoms with Crippen LogP contribution in [0.1, 0.15) is 23.0 Å². The van der Waals surface area contributed by atoms with Crippen molar-refractivity contribution < 1.29 is 9.59 Å². The number of rotatable bonds is 3. The normalized spacial score (nSPS) is 14.3. The van der Waals surface area contributed by atoms with Crippen LogP contribution in [0.5, 0.6) is 0 Å². The summed E-state index contributed by atoms with van der Waals surface area (Å²) < 4.78 is 0. The van der Waals surface area contributed by atoms with E-state index in [0.29, 0.717) is 36.9 Å². The molecule has 0 atom stereocenters. The lowest BCUT2D eigenvalue weighted by molar-refractivity contribution is -0.130. The number of halogens is 1. The lowest BCUT2D eigenvalue weighted by Gasteiger charge is -2.34. The Labute approximate surface area is 157 Å². The highest BCUT2D eigenvalue weighted by molar-refractivity contribution is 6.30. The fraction of sp³-hybridized carbons (Fsp3) is 0.316. The molecule has 0 saturated carbocycles. The first kappa shape index (κ1) is 18.2. The molecule has 26 heavy (non-hydrogen) atoms. The maximum Gasteiger partial charge on any atom is 0.272 e. The minimum atomic E-state index is -0.109. The van der Waals surface area contributed by atoms with Gasteiger partial charge >= 0.3 is 0 Å². The van der Waals surface area contributed by atoms with Gasteiger partial charge in [-0.1, -0.05) is 11.6 Å². The molecular formula is C19H21ClN4O2. The highest BCUT2D eigenvalue weighted by atomic mass is 35.5. The Hall–Kier alpha value is -2.60. The average molecular weight is 373 g/mol. The minimum Gasteiger partial charge on any atom is -0.354 e. The first-order chi connectivity index (χ1) is 12.4. The molecule has 0 bridgehead atoms. The van der Waals surface area contributed by atoms with Crippen molar-refractivity contribution in [3.63, 3.8) is 0 Å². The molecule has 6 nitrogen and oxygen atoms in total. The van der Waals surface area contributed by atoms with E-state index in [0.717, 1.165) is 16.9 Å². The van der Waals surface area contributed by atoms with E-state index in [1.165, 1.54) is 0 Å². The maximum atomic E-state index is 12.6. The van der Waals surface area contributed by atoms with Gasteiger partial charge in [0.25, 0.3) is 5.91 Å². The highest BCUT2D eigenvalue weighted by Crippen LogP contribution is 2.23. The van der Waals surface area contributed by atoms with Gasteiger partial charge in [-0.3, -0.25) is 9.59 Å². The quantitative estimate of drug-likeness (QED) is 0.899. The van der Waals surface area contributed by atoms with Crippen molar-refractivity contribution in [2.24, 2.45) is 0 Å². The first-order valence-corrected chi connectivity index (χ1v) is 8.86. The number of aryl methyl sites for hydroxylation is 1. The van der Waals surface area contributed by atoms with Crippen molar-refractivity contribution in [3.05, 3.63) is 52.8 Å². The topological polar surface area (TPSA) is 65.5 Å². The number of nitrogens with one attached hydrogen (secondary N) is 1. The van der Waals surface area contributed by atoms with Crippen LogP contribution in [0.3, 0.4) is 0 Å². The van der Waals surface area contributed by atoms with Crippen molar-refractivity contribution in [1.82, 2.24) is 14.8 Å². The van der Waals surface area contributed by atoms with Gasteiger partial charge in [-0.25, -0.2) is 4.98 Å². The summed E-state index contributed by atoms with van der Waals surface area (Å²) in [6.45, 7) is 5.72. The summed E-state index contributed by atoms with van der Waals surface area (Å²) in [5.41, 5.74) is 3.17. The molecule has 2 amide bonds. The van der Waals surface area contributed by atoms with Gasteiger partial charge in [0, 0.05) is 43.8 Å². The summed E-state index contributed by atoms with van der Waals surface area (Å²) in [7, 11) is 0. The van der Waals surface area contributed by atoms with Crippen LogP contribution >= 0.6 is 11.6 Å². The molecule has 2 heterocycles. The third-order valence-electron chi connectivity index (χ3n) is 4.46. The maximum absolute atomic E-state index is 12.6. The van der Waals surface area contributed by atoms with E-state index in [1.807, 2.05) is 31.2 Å². The standard InChI is InChI=1S/C19H21ClN4O2/c1-13-11-15(20)3-5-17(13)22-16-4-6-18(21-12-16)19(26)24-9-7-23(8-10-24)14(2)25/h3-6,11-12,22H,7-10H2,1-2H3. The van der Waals surface area contributed by atoms with E-state index >= 15 is 0 Å². The first-order valence-electron chi connectivity index (χ1n) is 8.48. The van der Waals surface area contributed by atoms with E-state index < -0.39 is 0 Å². The molecule has 1 aromatic heterocycles. The largest absolute Gasteiger partial charge is 0.354 e. The number of carbonyl (C=O) groups excluding carboxylic acids is 2.